The first-order valence-electron chi connectivity index (χ1n) is 10.4. The molecule has 1 atom stereocenters. The van der Waals surface area contributed by atoms with Gasteiger partial charge in [0, 0.05) is 18.7 Å². The second-order valence-corrected chi connectivity index (χ2v) is 7.91. The van der Waals surface area contributed by atoms with E-state index in [2.05, 4.69) is 24.5 Å². The number of ether oxygens (including phenoxy) is 2. The normalized spacial score (nSPS) is 15.8. The van der Waals surface area contributed by atoms with Gasteiger partial charge < -0.3 is 20.1 Å². The standard InChI is InChI=1S/C24H30N2O4/c1-15(2)19-13-20(16(3)12-22(19)29-4)24(28)26-21-10-6-5-9-18(21)23(27)25-14-17-8-7-11-30-17/h5-6,9-10,12-13,15,17H,7-8,11,14H2,1-4H3,(H,25,27)(H,26,28). The highest BCUT2D eigenvalue weighted by Crippen LogP contribution is 2.30. The zero-order valence-corrected chi connectivity index (χ0v) is 18.1. The van der Waals surface area contributed by atoms with Crippen LogP contribution in [-0.2, 0) is 4.74 Å². The van der Waals surface area contributed by atoms with Crippen LogP contribution in [0.3, 0.4) is 0 Å². The van der Waals surface area contributed by atoms with Gasteiger partial charge in [0.05, 0.1) is 24.5 Å². The molecule has 0 aliphatic carbocycles. The van der Waals surface area contributed by atoms with Gasteiger partial charge in [-0.3, -0.25) is 9.59 Å². The summed E-state index contributed by atoms with van der Waals surface area (Å²) < 4.78 is 11.0. The Labute approximate surface area is 178 Å². The topological polar surface area (TPSA) is 76.7 Å². The van der Waals surface area contributed by atoms with Crippen LogP contribution in [0.1, 0.15) is 64.4 Å². The molecule has 2 N–H and O–H groups in total. The lowest BCUT2D eigenvalue weighted by molar-refractivity contribution is 0.0858. The van der Waals surface area contributed by atoms with Crippen molar-refractivity contribution in [1.82, 2.24) is 5.32 Å². The Bertz CT molecular complexity index is 917. The van der Waals surface area contributed by atoms with Crippen LogP contribution in [0.4, 0.5) is 5.69 Å². The van der Waals surface area contributed by atoms with Crippen LogP contribution in [0.2, 0.25) is 0 Å². The van der Waals surface area contributed by atoms with Gasteiger partial charge in [0.25, 0.3) is 11.8 Å². The van der Waals surface area contributed by atoms with Crippen LogP contribution in [0.15, 0.2) is 36.4 Å². The van der Waals surface area contributed by atoms with Gasteiger partial charge in [-0.05, 0) is 61.1 Å². The zero-order chi connectivity index (χ0) is 21.7. The maximum Gasteiger partial charge on any atom is 0.255 e. The third-order valence-corrected chi connectivity index (χ3v) is 5.38. The van der Waals surface area contributed by atoms with Crippen LogP contribution in [0, 0.1) is 6.92 Å². The number of carbonyl (C=O) groups is 2. The number of benzene rings is 2. The summed E-state index contributed by atoms with van der Waals surface area (Å²) in [6.07, 6.45) is 2.03. The third kappa shape index (κ3) is 5.00. The second-order valence-electron chi connectivity index (χ2n) is 7.91. The summed E-state index contributed by atoms with van der Waals surface area (Å²) >= 11 is 0. The molecule has 1 saturated heterocycles. The average molecular weight is 411 g/mol. The monoisotopic (exact) mass is 410 g/mol. The number of carbonyl (C=O) groups excluding carboxylic acids is 2. The molecule has 0 bridgehead atoms. The van der Waals surface area contributed by atoms with E-state index < -0.39 is 0 Å². The average Bonchev–Trinajstić information content (AvgIpc) is 3.25. The molecular formula is C24H30N2O4. The Morgan fingerprint density at radius 2 is 1.93 bits per heavy atom. The Morgan fingerprint density at radius 3 is 2.60 bits per heavy atom. The SMILES string of the molecule is COc1cc(C)c(C(=O)Nc2ccccc2C(=O)NCC2CCCO2)cc1C(C)C. The summed E-state index contributed by atoms with van der Waals surface area (Å²) in [6.45, 7) is 7.20. The van der Waals surface area contributed by atoms with Gasteiger partial charge in [0.1, 0.15) is 5.75 Å². The van der Waals surface area contributed by atoms with Gasteiger partial charge in [0.2, 0.25) is 0 Å². The summed E-state index contributed by atoms with van der Waals surface area (Å²) in [4.78, 5) is 25.7. The molecule has 160 valence electrons. The molecule has 0 radical (unpaired) electrons. The molecule has 6 heteroatoms. The highest BCUT2D eigenvalue weighted by Gasteiger charge is 2.20. The molecule has 1 aliphatic heterocycles. The first-order valence-corrected chi connectivity index (χ1v) is 10.4. The summed E-state index contributed by atoms with van der Waals surface area (Å²) in [5.74, 6) is 0.503. The fourth-order valence-electron chi connectivity index (χ4n) is 3.66. The smallest absolute Gasteiger partial charge is 0.255 e. The van der Waals surface area contributed by atoms with Crippen molar-refractivity contribution in [3.05, 3.63) is 58.7 Å². The van der Waals surface area contributed by atoms with E-state index >= 15 is 0 Å². The van der Waals surface area contributed by atoms with E-state index in [1.807, 2.05) is 19.1 Å². The van der Waals surface area contributed by atoms with Crippen LogP contribution in [0.25, 0.3) is 0 Å². The number of hydrogen-bond donors (Lipinski definition) is 2. The fraction of sp³-hybridized carbons (Fsp3) is 0.417. The molecule has 1 unspecified atom stereocenters. The number of amides is 2. The minimum absolute atomic E-state index is 0.0621. The van der Waals surface area contributed by atoms with Crippen molar-refractivity contribution in [2.45, 2.75) is 45.6 Å². The van der Waals surface area contributed by atoms with E-state index in [1.54, 1.807) is 31.4 Å². The largest absolute Gasteiger partial charge is 0.496 e. The summed E-state index contributed by atoms with van der Waals surface area (Å²) in [6, 6.07) is 10.8. The lowest BCUT2D eigenvalue weighted by atomic mass is 9.96. The second kappa shape index (κ2) is 9.76. The lowest BCUT2D eigenvalue weighted by Gasteiger charge is -2.17. The summed E-state index contributed by atoms with van der Waals surface area (Å²) in [5.41, 5.74) is 3.26. The van der Waals surface area contributed by atoms with E-state index in [1.165, 1.54) is 0 Å². The van der Waals surface area contributed by atoms with Crippen molar-refractivity contribution in [3.63, 3.8) is 0 Å². The van der Waals surface area contributed by atoms with E-state index in [-0.39, 0.29) is 23.8 Å². The molecule has 2 aromatic carbocycles. The van der Waals surface area contributed by atoms with Crippen molar-refractivity contribution < 1.29 is 19.1 Å². The highest BCUT2D eigenvalue weighted by molar-refractivity contribution is 6.09. The molecule has 0 saturated carbocycles. The first kappa shape index (κ1) is 21.8. The van der Waals surface area contributed by atoms with Gasteiger partial charge in [-0.1, -0.05) is 26.0 Å². The summed E-state index contributed by atoms with van der Waals surface area (Å²) in [5, 5.41) is 5.82. The van der Waals surface area contributed by atoms with Crippen LogP contribution in [-0.4, -0.2) is 38.2 Å². The number of aryl methyl sites for hydroxylation is 1. The van der Waals surface area contributed by atoms with Gasteiger partial charge in [0.15, 0.2) is 0 Å². The predicted molar refractivity (Wildman–Crippen MR) is 118 cm³/mol. The molecule has 0 aromatic heterocycles. The first-order chi connectivity index (χ1) is 14.4. The molecular weight excluding hydrogens is 380 g/mol. The Kier molecular flexibility index (Phi) is 7.11. The van der Waals surface area contributed by atoms with E-state index in [0.29, 0.717) is 23.4 Å². The van der Waals surface area contributed by atoms with Crippen molar-refractivity contribution in [1.29, 1.82) is 0 Å². The van der Waals surface area contributed by atoms with Gasteiger partial charge in [-0.2, -0.15) is 0 Å². The number of anilines is 1. The molecule has 3 rings (SSSR count). The fourth-order valence-corrected chi connectivity index (χ4v) is 3.66. The van der Waals surface area contributed by atoms with Crippen molar-refractivity contribution in [2.24, 2.45) is 0 Å². The molecule has 6 nitrogen and oxygen atoms in total. The molecule has 30 heavy (non-hydrogen) atoms. The van der Waals surface area contributed by atoms with Crippen molar-refractivity contribution in [3.8, 4) is 5.75 Å². The Morgan fingerprint density at radius 1 is 1.17 bits per heavy atom. The van der Waals surface area contributed by atoms with Crippen molar-refractivity contribution >= 4 is 17.5 Å². The zero-order valence-electron chi connectivity index (χ0n) is 18.1. The van der Waals surface area contributed by atoms with E-state index in [0.717, 1.165) is 36.3 Å². The number of nitrogens with one attached hydrogen (secondary N) is 2. The molecule has 2 aromatic rings. The van der Waals surface area contributed by atoms with Crippen molar-refractivity contribution in [2.75, 3.05) is 25.6 Å². The van der Waals surface area contributed by atoms with Crippen LogP contribution < -0.4 is 15.4 Å². The minimum Gasteiger partial charge on any atom is -0.496 e. The maximum atomic E-state index is 13.0. The highest BCUT2D eigenvalue weighted by atomic mass is 16.5. The predicted octanol–water partition coefficient (Wildman–Crippen LogP) is 4.29. The Hall–Kier alpha value is -2.86. The van der Waals surface area contributed by atoms with Gasteiger partial charge in [-0.15, -0.1) is 0 Å². The van der Waals surface area contributed by atoms with Gasteiger partial charge in [-0.25, -0.2) is 0 Å². The van der Waals surface area contributed by atoms with Crippen LogP contribution in [0.5, 0.6) is 5.75 Å². The Balaban J connectivity index is 1.79. The number of hydrogen-bond acceptors (Lipinski definition) is 4. The lowest BCUT2D eigenvalue weighted by Crippen LogP contribution is -2.32. The molecule has 0 spiro atoms. The molecule has 2 amide bonds. The van der Waals surface area contributed by atoms with Gasteiger partial charge >= 0.3 is 0 Å². The number of para-hydroxylation sites is 1. The number of rotatable bonds is 7. The van der Waals surface area contributed by atoms with Crippen LogP contribution >= 0.6 is 0 Å². The maximum absolute atomic E-state index is 13.0. The molecule has 1 fully saturated rings. The van der Waals surface area contributed by atoms with E-state index in [4.69, 9.17) is 9.47 Å². The molecule has 1 aliphatic rings. The summed E-state index contributed by atoms with van der Waals surface area (Å²) in [7, 11) is 1.63. The third-order valence-electron chi connectivity index (χ3n) is 5.38. The van der Waals surface area contributed by atoms with E-state index in [9.17, 15) is 9.59 Å². The quantitative estimate of drug-likeness (QED) is 0.714. The minimum atomic E-state index is -0.253. The molecule has 1 heterocycles. The number of methoxy groups -OCH3 is 1.